The maximum absolute atomic E-state index is 13.3. The molecule has 1 aromatic carbocycles. The van der Waals surface area contributed by atoms with E-state index in [0.29, 0.717) is 12.2 Å². The highest BCUT2D eigenvalue weighted by atomic mass is 79.9. The largest absolute Gasteiger partial charge is 0.379 e. The number of benzene rings is 1. The quantitative estimate of drug-likeness (QED) is 0.876. The summed E-state index contributed by atoms with van der Waals surface area (Å²) in [5.74, 6) is -0.276. The molecule has 1 rings (SSSR count). The zero-order valence-electron chi connectivity index (χ0n) is 7.65. The van der Waals surface area contributed by atoms with Crippen molar-refractivity contribution in [1.29, 1.82) is 0 Å². The Hall–Kier alpha value is -0.540. The number of hydrogen-bond acceptors (Lipinski definition) is 1. The van der Waals surface area contributed by atoms with Gasteiger partial charge in [0.05, 0.1) is 5.69 Å². The maximum Gasteiger partial charge on any atom is 0.147 e. The van der Waals surface area contributed by atoms with E-state index in [1.54, 1.807) is 12.1 Å². The molecule has 1 nitrogen and oxygen atoms in total. The summed E-state index contributed by atoms with van der Waals surface area (Å²) >= 11 is 8.67. The normalized spacial score (nSPS) is 11.6. The zero-order chi connectivity index (χ0) is 10.6. The molecule has 76 valence electrons. The molecule has 0 radical (unpaired) electrons. The molecule has 0 aliphatic carbocycles. The fraction of sp³-hybridized carbons (Fsp3) is 0.200. The van der Waals surface area contributed by atoms with Crippen molar-refractivity contribution < 1.29 is 4.39 Å². The van der Waals surface area contributed by atoms with Crippen molar-refractivity contribution in [2.24, 2.45) is 0 Å². The van der Waals surface area contributed by atoms with Crippen LogP contribution in [0.15, 0.2) is 33.8 Å². The van der Waals surface area contributed by atoms with E-state index in [1.807, 2.05) is 6.92 Å². The van der Waals surface area contributed by atoms with Gasteiger partial charge in [0.1, 0.15) is 5.82 Å². The van der Waals surface area contributed by atoms with E-state index < -0.39 is 0 Å². The minimum absolute atomic E-state index is 0.276. The van der Waals surface area contributed by atoms with E-state index in [4.69, 9.17) is 11.6 Å². The van der Waals surface area contributed by atoms with E-state index in [1.165, 1.54) is 11.6 Å². The molecule has 1 N–H and O–H groups in total. The first-order chi connectivity index (χ1) is 6.63. The van der Waals surface area contributed by atoms with Gasteiger partial charge in [0.25, 0.3) is 0 Å². The number of nitrogens with one attached hydrogen (secondary N) is 1. The van der Waals surface area contributed by atoms with Gasteiger partial charge < -0.3 is 5.32 Å². The Labute approximate surface area is 96.1 Å². The third-order valence-electron chi connectivity index (χ3n) is 1.68. The van der Waals surface area contributed by atoms with Crippen molar-refractivity contribution in [2.75, 3.05) is 11.9 Å². The molecule has 0 saturated carbocycles. The van der Waals surface area contributed by atoms with Crippen molar-refractivity contribution in [3.8, 4) is 0 Å². The van der Waals surface area contributed by atoms with Crippen molar-refractivity contribution in [3.63, 3.8) is 0 Å². The number of rotatable bonds is 3. The monoisotopic (exact) mass is 277 g/mol. The summed E-state index contributed by atoms with van der Waals surface area (Å²) in [6.45, 7) is 2.42. The van der Waals surface area contributed by atoms with Gasteiger partial charge in [-0.25, -0.2) is 4.39 Å². The van der Waals surface area contributed by atoms with Crippen LogP contribution in [-0.4, -0.2) is 6.54 Å². The van der Waals surface area contributed by atoms with Gasteiger partial charge in [-0.15, -0.1) is 0 Å². The molecular weight excluding hydrogens is 268 g/mol. The van der Waals surface area contributed by atoms with Crippen LogP contribution in [0.2, 0.25) is 0 Å². The Kier molecular flexibility index (Phi) is 4.42. The summed E-state index contributed by atoms with van der Waals surface area (Å²) in [6.07, 6.45) is 0. The minimum Gasteiger partial charge on any atom is -0.379 e. The van der Waals surface area contributed by atoms with Crippen LogP contribution >= 0.6 is 27.5 Å². The average Bonchev–Trinajstić information content (AvgIpc) is 2.16. The molecule has 0 bridgehead atoms. The third-order valence-corrected chi connectivity index (χ3v) is 2.54. The van der Waals surface area contributed by atoms with Crippen LogP contribution in [0, 0.1) is 5.82 Å². The van der Waals surface area contributed by atoms with Crippen LogP contribution in [0.1, 0.15) is 6.92 Å². The molecule has 0 unspecified atom stereocenters. The Morgan fingerprint density at radius 1 is 1.64 bits per heavy atom. The van der Waals surface area contributed by atoms with E-state index >= 15 is 0 Å². The molecule has 0 saturated heterocycles. The van der Waals surface area contributed by atoms with Gasteiger partial charge in [0.2, 0.25) is 0 Å². The predicted octanol–water partition coefficient (Wildman–Crippen LogP) is 4.14. The summed E-state index contributed by atoms with van der Waals surface area (Å²) in [7, 11) is 0. The van der Waals surface area contributed by atoms with Crippen molar-refractivity contribution in [3.05, 3.63) is 39.6 Å². The summed E-state index contributed by atoms with van der Waals surface area (Å²) in [5, 5.41) is 2.94. The van der Waals surface area contributed by atoms with Gasteiger partial charge in [0.15, 0.2) is 0 Å². The molecule has 14 heavy (non-hydrogen) atoms. The van der Waals surface area contributed by atoms with Crippen LogP contribution in [-0.2, 0) is 0 Å². The molecule has 0 fully saturated rings. The first-order valence-corrected chi connectivity index (χ1v) is 5.31. The Balaban J connectivity index is 2.68. The summed E-state index contributed by atoms with van der Waals surface area (Å²) in [4.78, 5) is 0. The Morgan fingerprint density at radius 3 is 2.93 bits per heavy atom. The first kappa shape index (κ1) is 11.5. The molecular formula is C10H10BrClFN. The van der Waals surface area contributed by atoms with Crippen LogP contribution in [0.3, 0.4) is 0 Å². The Morgan fingerprint density at radius 2 is 2.36 bits per heavy atom. The molecule has 0 heterocycles. The molecule has 0 spiro atoms. The second kappa shape index (κ2) is 5.37. The van der Waals surface area contributed by atoms with Gasteiger partial charge in [-0.05, 0) is 30.7 Å². The summed E-state index contributed by atoms with van der Waals surface area (Å²) in [5.41, 5.74) is 2.91. The van der Waals surface area contributed by atoms with Gasteiger partial charge in [-0.1, -0.05) is 27.5 Å². The SMILES string of the molecule is C/C(=C/Cl)CNc1ccc(Br)cc1F. The molecule has 0 aliphatic heterocycles. The van der Waals surface area contributed by atoms with Crippen LogP contribution in [0.5, 0.6) is 0 Å². The van der Waals surface area contributed by atoms with Crippen LogP contribution in [0.25, 0.3) is 0 Å². The van der Waals surface area contributed by atoms with Gasteiger partial charge in [0, 0.05) is 16.6 Å². The molecule has 0 atom stereocenters. The van der Waals surface area contributed by atoms with Crippen molar-refractivity contribution in [2.45, 2.75) is 6.92 Å². The number of anilines is 1. The highest BCUT2D eigenvalue weighted by Gasteiger charge is 2.01. The lowest BCUT2D eigenvalue weighted by Gasteiger charge is -2.07. The summed E-state index contributed by atoms with van der Waals surface area (Å²) in [6, 6.07) is 4.88. The standard InChI is InChI=1S/C10H10BrClFN/c1-7(5-12)6-14-10-3-2-8(11)4-9(10)13/h2-5,14H,6H2,1H3/b7-5-. The first-order valence-electron chi connectivity index (χ1n) is 4.08. The molecule has 0 amide bonds. The van der Waals surface area contributed by atoms with E-state index in [-0.39, 0.29) is 5.82 Å². The van der Waals surface area contributed by atoms with E-state index in [0.717, 1.165) is 10.0 Å². The smallest absolute Gasteiger partial charge is 0.147 e. The Bertz CT molecular complexity index is 352. The van der Waals surface area contributed by atoms with Gasteiger partial charge in [-0.3, -0.25) is 0 Å². The lowest BCUT2D eigenvalue weighted by atomic mass is 10.3. The van der Waals surface area contributed by atoms with Crippen LogP contribution < -0.4 is 5.32 Å². The summed E-state index contributed by atoms with van der Waals surface area (Å²) < 4.78 is 14.0. The predicted molar refractivity (Wildman–Crippen MR) is 62.2 cm³/mol. The topological polar surface area (TPSA) is 12.0 Å². The second-order valence-electron chi connectivity index (χ2n) is 2.93. The fourth-order valence-corrected chi connectivity index (χ4v) is 1.32. The second-order valence-corrected chi connectivity index (χ2v) is 4.07. The maximum atomic E-state index is 13.3. The third kappa shape index (κ3) is 3.31. The van der Waals surface area contributed by atoms with Crippen LogP contribution in [0.4, 0.5) is 10.1 Å². The van der Waals surface area contributed by atoms with Crippen molar-refractivity contribution >= 4 is 33.2 Å². The number of halogens is 3. The van der Waals surface area contributed by atoms with E-state index in [2.05, 4.69) is 21.2 Å². The van der Waals surface area contributed by atoms with Gasteiger partial charge >= 0.3 is 0 Å². The number of hydrogen-bond donors (Lipinski definition) is 1. The zero-order valence-corrected chi connectivity index (χ0v) is 9.99. The van der Waals surface area contributed by atoms with Crippen molar-refractivity contribution in [1.82, 2.24) is 0 Å². The highest BCUT2D eigenvalue weighted by Crippen LogP contribution is 2.19. The molecule has 1 aromatic rings. The highest BCUT2D eigenvalue weighted by molar-refractivity contribution is 9.10. The fourth-order valence-electron chi connectivity index (χ4n) is 0.906. The van der Waals surface area contributed by atoms with Gasteiger partial charge in [-0.2, -0.15) is 0 Å². The van der Waals surface area contributed by atoms with E-state index in [9.17, 15) is 4.39 Å². The molecule has 0 aromatic heterocycles. The lowest BCUT2D eigenvalue weighted by molar-refractivity contribution is 0.630. The molecule has 0 aliphatic rings. The lowest BCUT2D eigenvalue weighted by Crippen LogP contribution is -2.03. The average molecular weight is 279 g/mol. The minimum atomic E-state index is -0.276. The molecule has 4 heteroatoms.